The summed E-state index contributed by atoms with van der Waals surface area (Å²) in [5.74, 6) is 3.66. The Morgan fingerprint density at radius 3 is 2.76 bits per heavy atom. The molecule has 3 nitrogen and oxygen atoms in total. The Bertz CT molecular complexity index is 640. The summed E-state index contributed by atoms with van der Waals surface area (Å²) >= 11 is 0. The molecule has 0 unspecified atom stereocenters. The Balaban J connectivity index is 2.46. The summed E-state index contributed by atoms with van der Waals surface area (Å²) in [7, 11) is 0. The fourth-order valence-electron chi connectivity index (χ4n) is 2.32. The number of aromatic nitrogens is 1. The van der Waals surface area contributed by atoms with Crippen LogP contribution in [-0.2, 0) is 6.54 Å². The van der Waals surface area contributed by atoms with Crippen molar-refractivity contribution in [3.8, 4) is 12.3 Å². The molecule has 1 aromatic heterocycles. The number of para-hydroxylation sites is 1. The van der Waals surface area contributed by atoms with Gasteiger partial charge >= 0.3 is 0 Å². The molecule has 0 atom stereocenters. The van der Waals surface area contributed by atoms with Crippen molar-refractivity contribution in [2.24, 2.45) is 0 Å². The van der Waals surface area contributed by atoms with E-state index in [0.717, 1.165) is 24.4 Å². The van der Waals surface area contributed by atoms with Crippen LogP contribution in [0.4, 0.5) is 5.82 Å². The summed E-state index contributed by atoms with van der Waals surface area (Å²) in [5.41, 5.74) is 2.28. The lowest BCUT2D eigenvalue weighted by Crippen LogP contribution is -2.25. The number of hydrogen-bond acceptors (Lipinski definition) is 3. The van der Waals surface area contributed by atoms with E-state index in [1.54, 1.807) is 0 Å². The Morgan fingerprint density at radius 2 is 2.10 bits per heavy atom. The lowest BCUT2D eigenvalue weighted by atomic mass is 10.1. The highest BCUT2D eigenvalue weighted by molar-refractivity contribution is 5.84. The highest BCUT2D eigenvalue weighted by atomic mass is 15.2. The second-order valence-electron chi connectivity index (χ2n) is 5.41. The summed E-state index contributed by atoms with van der Waals surface area (Å²) in [5, 5.41) is 4.68. The van der Waals surface area contributed by atoms with E-state index in [2.05, 4.69) is 61.2 Å². The molecule has 0 saturated carbocycles. The van der Waals surface area contributed by atoms with Gasteiger partial charge in [-0.05, 0) is 24.6 Å². The van der Waals surface area contributed by atoms with Crippen LogP contribution in [0.5, 0.6) is 0 Å². The van der Waals surface area contributed by atoms with E-state index in [1.807, 2.05) is 6.07 Å². The normalized spacial score (nSPS) is 10.8. The fourth-order valence-corrected chi connectivity index (χ4v) is 2.32. The maximum Gasteiger partial charge on any atom is 0.130 e. The smallest absolute Gasteiger partial charge is 0.130 e. The lowest BCUT2D eigenvalue weighted by Gasteiger charge is -2.21. The molecule has 110 valence electrons. The van der Waals surface area contributed by atoms with Gasteiger partial charge in [-0.25, -0.2) is 4.98 Å². The summed E-state index contributed by atoms with van der Waals surface area (Å²) in [4.78, 5) is 6.87. The molecule has 2 aromatic rings. The number of hydrogen-bond donors (Lipinski definition) is 1. The first-order valence-corrected chi connectivity index (χ1v) is 7.46. The van der Waals surface area contributed by atoms with Crippen molar-refractivity contribution < 1.29 is 0 Å². The van der Waals surface area contributed by atoms with Gasteiger partial charge in [0, 0.05) is 24.5 Å². The van der Waals surface area contributed by atoms with Crippen LogP contribution >= 0.6 is 0 Å². The van der Waals surface area contributed by atoms with Crippen LogP contribution in [0, 0.1) is 12.3 Å². The zero-order valence-electron chi connectivity index (χ0n) is 13.1. The number of rotatable bonds is 6. The van der Waals surface area contributed by atoms with Gasteiger partial charge in [0.1, 0.15) is 5.82 Å². The van der Waals surface area contributed by atoms with Crippen molar-refractivity contribution in [1.29, 1.82) is 0 Å². The maximum absolute atomic E-state index is 5.46. The predicted molar refractivity (Wildman–Crippen MR) is 90.4 cm³/mol. The third kappa shape index (κ3) is 3.74. The molecule has 1 N–H and O–H groups in total. The molecule has 0 aliphatic heterocycles. The maximum atomic E-state index is 5.46. The molecule has 1 aromatic carbocycles. The molecule has 0 fully saturated rings. The first-order valence-electron chi connectivity index (χ1n) is 7.46. The van der Waals surface area contributed by atoms with E-state index >= 15 is 0 Å². The summed E-state index contributed by atoms with van der Waals surface area (Å²) in [6.45, 7) is 8.68. The monoisotopic (exact) mass is 281 g/mol. The number of nitrogens with zero attached hydrogens (tertiary/aromatic N) is 2. The van der Waals surface area contributed by atoms with Gasteiger partial charge in [-0.15, -0.1) is 6.42 Å². The fraction of sp³-hybridized carbons (Fsp3) is 0.389. The minimum absolute atomic E-state index is 0.452. The molecular formula is C18H23N3. The van der Waals surface area contributed by atoms with Crippen LogP contribution < -0.4 is 10.2 Å². The van der Waals surface area contributed by atoms with E-state index in [-0.39, 0.29) is 0 Å². The average molecular weight is 281 g/mol. The van der Waals surface area contributed by atoms with Crippen LogP contribution in [-0.4, -0.2) is 24.1 Å². The minimum atomic E-state index is 0.452. The van der Waals surface area contributed by atoms with Crippen molar-refractivity contribution in [1.82, 2.24) is 10.3 Å². The highest BCUT2D eigenvalue weighted by Gasteiger charge is 2.10. The van der Waals surface area contributed by atoms with Crippen molar-refractivity contribution in [3.63, 3.8) is 0 Å². The van der Waals surface area contributed by atoms with Crippen LogP contribution in [0.3, 0.4) is 0 Å². The molecule has 0 aliphatic rings. The van der Waals surface area contributed by atoms with Gasteiger partial charge in [-0.2, -0.15) is 0 Å². The molecule has 21 heavy (non-hydrogen) atoms. The van der Waals surface area contributed by atoms with E-state index in [9.17, 15) is 0 Å². The molecule has 0 bridgehead atoms. The molecule has 0 spiro atoms. The number of pyridine rings is 1. The number of fused-ring (bicyclic) bond motifs is 1. The van der Waals surface area contributed by atoms with Crippen molar-refractivity contribution in [3.05, 3.63) is 35.9 Å². The van der Waals surface area contributed by atoms with E-state index in [1.165, 1.54) is 10.9 Å². The zero-order valence-corrected chi connectivity index (χ0v) is 13.1. The molecule has 0 aliphatic carbocycles. The van der Waals surface area contributed by atoms with E-state index in [4.69, 9.17) is 11.4 Å². The summed E-state index contributed by atoms with van der Waals surface area (Å²) in [6.07, 6.45) is 5.46. The molecule has 2 rings (SSSR count). The first-order chi connectivity index (χ1) is 10.2. The predicted octanol–water partition coefficient (Wildman–Crippen LogP) is 3.19. The van der Waals surface area contributed by atoms with Gasteiger partial charge in [0.2, 0.25) is 0 Å². The second-order valence-corrected chi connectivity index (χ2v) is 5.41. The Kier molecular flexibility index (Phi) is 5.19. The Hall–Kier alpha value is -2.05. The molecule has 1 heterocycles. The first kappa shape index (κ1) is 15.3. The number of benzene rings is 1. The molecule has 0 saturated heterocycles. The standard InChI is InChI=1S/C18H23N3/c1-5-11-21(6-2)18-12-15(13-19-14(3)4)16-9-7-8-10-17(16)20-18/h1,7-10,12,14,19H,6,11,13H2,2-4H3. The number of anilines is 1. The molecule has 0 radical (unpaired) electrons. The van der Waals surface area contributed by atoms with E-state index in [0.29, 0.717) is 12.6 Å². The number of terminal acetylenes is 1. The van der Waals surface area contributed by atoms with Crippen molar-refractivity contribution >= 4 is 16.7 Å². The van der Waals surface area contributed by atoms with Gasteiger partial charge in [-0.3, -0.25) is 0 Å². The van der Waals surface area contributed by atoms with Crippen LogP contribution in [0.2, 0.25) is 0 Å². The molecular weight excluding hydrogens is 258 g/mol. The summed E-state index contributed by atoms with van der Waals surface area (Å²) in [6, 6.07) is 10.9. The van der Waals surface area contributed by atoms with Gasteiger partial charge in [0.25, 0.3) is 0 Å². The third-order valence-corrected chi connectivity index (χ3v) is 3.48. The van der Waals surface area contributed by atoms with E-state index < -0.39 is 0 Å². The molecule has 0 amide bonds. The van der Waals surface area contributed by atoms with Gasteiger partial charge in [-0.1, -0.05) is 38.0 Å². The van der Waals surface area contributed by atoms with Gasteiger partial charge < -0.3 is 10.2 Å². The molecule has 3 heteroatoms. The lowest BCUT2D eigenvalue weighted by molar-refractivity contribution is 0.590. The third-order valence-electron chi connectivity index (χ3n) is 3.48. The Morgan fingerprint density at radius 1 is 1.33 bits per heavy atom. The van der Waals surface area contributed by atoms with Gasteiger partial charge in [0.05, 0.1) is 12.1 Å². The van der Waals surface area contributed by atoms with Crippen LogP contribution in [0.25, 0.3) is 10.9 Å². The highest BCUT2D eigenvalue weighted by Crippen LogP contribution is 2.23. The van der Waals surface area contributed by atoms with Crippen molar-refractivity contribution in [2.75, 3.05) is 18.0 Å². The SMILES string of the molecule is C#CCN(CC)c1cc(CNC(C)C)c2ccccc2n1. The number of nitrogens with one attached hydrogen (secondary N) is 1. The minimum Gasteiger partial charge on any atom is -0.346 e. The second kappa shape index (κ2) is 7.10. The topological polar surface area (TPSA) is 28.2 Å². The van der Waals surface area contributed by atoms with Crippen LogP contribution in [0.1, 0.15) is 26.3 Å². The quantitative estimate of drug-likeness (QED) is 0.824. The zero-order chi connectivity index (χ0) is 15.2. The summed E-state index contributed by atoms with van der Waals surface area (Å²) < 4.78 is 0. The van der Waals surface area contributed by atoms with Gasteiger partial charge in [0.15, 0.2) is 0 Å². The van der Waals surface area contributed by atoms with Crippen molar-refractivity contribution in [2.45, 2.75) is 33.4 Å². The van der Waals surface area contributed by atoms with Crippen LogP contribution in [0.15, 0.2) is 30.3 Å². The Labute approximate surface area is 127 Å². The average Bonchev–Trinajstić information content (AvgIpc) is 2.49. The largest absolute Gasteiger partial charge is 0.346 e.